The van der Waals surface area contributed by atoms with Crippen LogP contribution >= 0.6 is 0 Å². The van der Waals surface area contributed by atoms with Crippen molar-refractivity contribution in [1.82, 2.24) is 0 Å². The van der Waals surface area contributed by atoms with Gasteiger partial charge in [-0.2, -0.15) is 0 Å². The van der Waals surface area contributed by atoms with Crippen molar-refractivity contribution in [3.05, 3.63) is 175 Å². The maximum absolute atomic E-state index is 2.54. The Morgan fingerprint density at radius 1 is 0.462 bits per heavy atom. The van der Waals surface area contributed by atoms with Gasteiger partial charge in [-0.1, -0.05) is 140 Å². The van der Waals surface area contributed by atoms with Gasteiger partial charge >= 0.3 is 0 Å². The Hall–Kier alpha value is -5.40. The molecule has 1 spiro atoms. The van der Waals surface area contributed by atoms with Gasteiger partial charge in [0.05, 0.1) is 5.69 Å². The average Bonchev–Trinajstić information content (AvgIpc) is 3.50. The largest absolute Gasteiger partial charge is 0.310 e. The van der Waals surface area contributed by atoms with Crippen LogP contribution in [0.15, 0.2) is 164 Å². The third kappa shape index (κ3) is 4.61. The van der Waals surface area contributed by atoms with E-state index >= 15 is 0 Å². The summed E-state index contributed by atoms with van der Waals surface area (Å²) >= 11 is 0. The third-order valence-electron chi connectivity index (χ3n) is 13.6. The van der Waals surface area contributed by atoms with Gasteiger partial charge < -0.3 is 4.90 Å². The zero-order chi connectivity index (χ0) is 34.2. The lowest BCUT2D eigenvalue weighted by Gasteiger charge is -2.57. The summed E-state index contributed by atoms with van der Waals surface area (Å²) < 4.78 is 0. The van der Waals surface area contributed by atoms with Crippen molar-refractivity contribution < 1.29 is 0 Å². The highest BCUT2D eigenvalue weighted by Gasteiger charge is 2.57. The molecule has 11 rings (SSSR count). The minimum atomic E-state index is 0.118. The molecule has 0 amide bonds. The number of rotatable bonds is 5. The van der Waals surface area contributed by atoms with Gasteiger partial charge in [0, 0.05) is 22.4 Å². The first-order valence-electron chi connectivity index (χ1n) is 19.5. The number of hydrogen-bond acceptors (Lipinski definition) is 1. The van der Waals surface area contributed by atoms with Crippen LogP contribution in [0.3, 0.4) is 0 Å². The minimum absolute atomic E-state index is 0.118. The second-order valence-electron chi connectivity index (χ2n) is 16.1. The van der Waals surface area contributed by atoms with E-state index in [0.29, 0.717) is 0 Å². The van der Waals surface area contributed by atoms with Crippen molar-refractivity contribution >= 4 is 27.8 Å². The number of nitrogens with zero attached hydrogens (tertiary/aromatic N) is 1. The molecule has 5 atom stereocenters. The summed E-state index contributed by atoms with van der Waals surface area (Å²) in [6.07, 6.45) is 8.46. The Labute approximate surface area is 307 Å². The fourth-order valence-corrected chi connectivity index (χ4v) is 11.4. The molecule has 0 aromatic heterocycles. The van der Waals surface area contributed by atoms with Gasteiger partial charge in [-0.3, -0.25) is 0 Å². The van der Waals surface area contributed by atoms with Gasteiger partial charge in [-0.25, -0.2) is 0 Å². The Balaban J connectivity index is 1.06. The number of hydrogen-bond donors (Lipinski definition) is 0. The van der Waals surface area contributed by atoms with Gasteiger partial charge in [0.15, 0.2) is 0 Å². The lowest BCUT2D eigenvalue weighted by Crippen LogP contribution is -2.50. The number of benzene rings is 7. The van der Waals surface area contributed by atoms with Crippen LogP contribution in [0.4, 0.5) is 17.1 Å². The summed E-state index contributed by atoms with van der Waals surface area (Å²) in [5.41, 5.74) is 14.8. The molecule has 7 aromatic rings. The van der Waals surface area contributed by atoms with E-state index in [2.05, 4.69) is 169 Å². The first kappa shape index (κ1) is 30.2. The average molecular weight is 670 g/mol. The van der Waals surface area contributed by atoms with E-state index in [-0.39, 0.29) is 5.41 Å². The van der Waals surface area contributed by atoms with Crippen molar-refractivity contribution in [3.8, 4) is 33.4 Å². The fraction of sp³-hybridized carbons (Fsp3) is 0.216. The van der Waals surface area contributed by atoms with Crippen molar-refractivity contribution in [1.29, 1.82) is 0 Å². The molecule has 0 N–H and O–H groups in total. The third-order valence-corrected chi connectivity index (χ3v) is 13.6. The zero-order valence-electron chi connectivity index (χ0n) is 29.6. The van der Waals surface area contributed by atoms with E-state index in [1.54, 1.807) is 11.1 Å². The van der Waals surface area contributed by atoms with E-state index in [4.69, 9.17) is 0 Å². The summed E-state index contributed by atoms with van der Waals surface area (Å²) in [5.74, 6) is 3.43. The molecule has 252 valence electrons. The maximum atomic E-state index is 2.54. The number of fused-ring (bicyclic) bond motifs is 9. The zero-order valence-corrected chi connectivity index (χ0v) is 29.6. The molecule has 5 unspecified atom stereocenters. The van der Waals surface area contributed by atoms with Gasteiger partial charge in [0.25, 0.3) is 0 Å². The highest BCUT2D eigenvalue weighted by molar-refractivity contribution is 5.97. The normalized spacial score (nSPS) is 23.8. The monoisotopic (exact) mass is 669 g/mol. The molecule has 3 saturated carbocycles. The minimum Gasteiger partial charge on any atom is -0.310 e. The molecular weight excluding hydrogens is 627 g/mol. The Morgan fingerprint density at radius 2 is 1.12 bits per heavy atom. The Kier molecular flexibility index (Phi) is 6.88. The molecule has 1 nitrogen and oxygen atoms in total. The van der Waals surface area contributed by atoms with Crippen LogP contribution < -0.4 is 4.90 Å². The lowest BCUT2D eigenvalue weighted by atomic mass is 9.47. The van der Waals surface area contributed by atoms with Crippen molar-refractivity contribution in [2.45, 2.75) is 43.9 Å². The summed E-state index contributed by atoms with van der Waals surface area (Å²) in [5, 5.41) is 2.54. The van der Waals surface area contributed by atoms with Crippen LogP contribution in [0.5, 0.6) is 0 Å². The molecule has 0 saturated heterocycles. The number of anilines is 3. The van der Waals surface area contributed by atoms with E-state index in [1.165, 1.54) is 99.7 Å². The smallest absolute Gasteiger partial charge is 0.0543 e. The Morgan fingerprint density at radius 3 is 1.92 bits per heavy atom. The maximum Gasteiger partial charge on any atom is 0.0543 e. The van der Waals surface area contributed by atoms with Crippen LogP contribution in [0.1, 0.15) is 49.7 Å². The van der Waals surface area contributed by atoms with Crippen molar-refractivity contribution in [2.24, 2.45) is 23.7 Å². The standard InChI is InChI=1S/C51H43N/c1-2-9-35(10-3-1)37-19-21-38(22-20-37)39-23-26-44(27-24-39)52(45-28-25-36-11-4-5-12-40(36)32-45)49-16-8-15-48-50(49)46-13-6-7-14-47(46)51(48)33-41-18-17-34-29-42(41)31-43(51)30-34/h1-16,19-28,32,34,41-43H,17-18,29-31,33H2. The summed E-state index contributed by atoms with van der Waals surface area (Å²) in [6.45, 7) is 0. The second kappa shape index (κ2) is 11.8. The first-order chi connectivity index (χ1) is 25.7. The quantitative estimate of drug-likeness (QED) is 0.176. The molecule has 7 aromatic carbocycles. The van der Waals surface area contributed by atoms with Gasteiger partial charge in [0.1, 0.15) is 0 Å². The topological polar surface area (TPSA) is 3.24 Å². The first-order valence-corrected chi connectivity index (χ1v) is 19.5. The molecule has 0 radical (unpaired) electrons. The van der Waals surface area contributed by atoms with Gasteiger partial charge in [-0.05, 0) is 136 Å². The second-order valence-corrected chi connectivity index (χ2v) is 16.1. The van der Waals surface area contributed by atoms with Crippen LogP contribution in [0.25, 0.3) is 44.2 Å². The predicted octanol–water partition coefficient (Wildman–Crippen LogP) is 13.8. The predicted molar refractivity (Wildman–Crippen MR) is 217 cm³/mol. The van der Waals surface area contributed by atoms with Gasteiger partial charge in [-0.15, -0.1) is 0 Å². The van der Waals surface area contributed by atoms with E-state index in [0.717, 1.165) is 23.7 Å². The van der Waals surface area contributed by atoms with Gasteiger partial charge in [0.2, 0.25) is 0 Å². The fourth-order valence-electron chi connectivity index (χ4n) is 11.4. The summed E-state index contributed by atoms with van der Waals surface area (Å²) in [4.78, 5) is 2.54. The molecule has 4 aliphatic rings. The van der Waals surface area contributed by atoms with E-state index < -0.39 is 0 Å². The molecule has 3 bridgehead atoms. The van der Waals surface area contributed by atoms with Crippen LogP contribution in [-0.4, -0.2) is 0 Å². The molecule has 52 heavy (non-hydrogen) atoms. The molecule has 0 heterocycles. The summed E-state index contributed by atoms with van der Waals surface area (Å²) in [7, 11) is 0. The Bertz CT molecular complexity index is 2440. The highest BCUT2D eigenvalue weighted by Crippen LogP contribution is 2.67. The van der Waals surface area contributed by atoms with Crippen molar-refractivity contribution in [2.75, 3.05) is 4.90 Å². The van der Waals surface area contributed by atoms with Crippen LogP contribution in [0, 0.1) is 23.7 Å². The molecule has 1 heteroatoms. The summed E-state index contributed by atoms with van der Waals surface area (Å²) in [6, 6.07) is 61.4. The molecule has 4 aliphatic carbocycles. The SMILES string of the molecule is c1ccc(-c2ccc(-c3ccc(N(c4ccc5ccccc5c4)c4cccc5c4-c4ccccc4C54CC5CCC6CC5CC4C6)cc3)cc2)cc1. The molecule has 0 aliphatic heterocycles. The van der Waals surface area contributed by atoms with Crippen LogP contribution in [-0.2, 0) is 5.41 Å². The van der Waals surface area contributed by atoms with Crippen LogP contribution in [0.2, 0.25) is 0 Å². The molecule has 3 fully saturated rings. The van der Waals surface area contributed by atoms with Crippen molar-refractivity contribution in [3.63, 3.8) is 0 Å². The molecular formula is C51H43N. The highest BCUT2D eigenvalue weighted by atomic mass is 15.1. The van der Waals surface area contributed by atoms with E-state index in [1.807, 2.05) is 0 Å². The van der Waals surface area contributed by atoms with E-state index in [9.17, 15) is 0 Å². The lowest BCUT2D eigenvalue weighted by molar-refractivity contribution is -0.0103.